The van der Waals surface area contributed by atoms with Crippen LogP contribution in [0.25, 0.3) is 0 Å². The fourth-order valence-corrected chi connectivity index (χ4v) is 1.97. The van der Waals surface area contributed by atoms with Gasteiger partial charge in [0.15, 0.2) is 0 Å². The average Bonchev–Trinajstić information content (AvgIpc) is 2.39. The lowest BCUT2D eigenvalue weighted by atomic mass is 9.92. The maximum Gasteiger partial charge on any atom is 0.223 e. The maximum absolute atomic E-state index is 11.8. The average molecular weight is 279 g/mol. The molecule has 0 aromatic heterocycles. The largest absolute Gasteiger partial charge is 0.393 e. The number of carbonyl (C=O) groups is 1. The van der Waals surface area contributed by atoms with E-state index in [4.69, 9.17) is 0 Å². The molecule has 0 spiro atoms. The molecule has 1 aromatic carbocycles. The topological polar surface area (TPSA) is 69.6 Å². The van der Waals surface area contributed by atoms with Crippen molar-refractivity contribution in [3.8, 4) is 0 Å². The second-order valence-electron chi connectivity index (χ2n) is 5.77. The lowest BCUT2D eigenvalue weighted by Crippen LogP contribution is -2.34. The quantitative estimate of drug-likeness (QED) is 0.713. The molecule has 4 heteroatoms. The lowest BCUT2D eigenvalue weighted by Gasteiger charge is -2.23. The first-order valence-corrected chi connectivity index (χ1v) is 7.05. The van der Waals surface area contributed by atoms with Crippen LogP contribution in [0.5, 0.6) is 0 Å². The van der Waals surface area contributed by atoms with Crippen molar-refractivity contribution in [2.24, 2.45) is 5.92 Å². The van der Waals surface area contributed by atoms with E-state index in [1.165, 1.54) is 0 Å². The summed E-state index contributed by atoms with van der Waals surface area (Å²) in [5.74, 6) is -0.0332. The van der Waals surface area contributed by atoms with Gasteiger partial charge in [0.25, 0.3) is 0 Å². The van der Waals surface area contributed by atoms with Gasteiger partial charge < -0.3 is 15.5 Å². The predicted octanol–water partition coefficient (Wildman–Crippen LogP) is 1.81. The van der Waals surface area contributed by atoms with Crippen LogP contribution in [-0.4, -0.2) is 28.8 Å². The molecule has 2 unspecified atom stereocenters. The van der Waals surface area contributed by atoms with Crippen LogP contribution >= 0.6 is 0 Å². The van der Waals surface area contributed by atoms with Crippen molar-refractivity contribution < 1.29 is 15.0 Å². The van der Waals surface area contributed by atoms with Crippen molar-refractivity contribution in [1.82, 2.24) is 5.32 Å². The Morgan fingerprint density at radius 2 is 1.90 bits per heavy atom. The van der Waals surface area contributed by atoms with Crippen molar-refractivity contribution in [2.45, 2.75) is 45.3 Å². The molecule has 0 aliphatic heterocycles. The Bertz CT molecular complexity index is 415. The van der Waals surface area contributed by atoms with E-state index < -0.39 is 11.7 Å². The van der Waals surface area contributed by atoms with Crippen molar-refractivity contribution in [3.05, 3.63) is 35.9 Å². The molecular weight excluding hydrogens is 254 g/mol. The SMILES string of the molecule is CC(C)C(O)CCNC(=O)CC(C)(O)c1ccccc1. The molecule has 0 heterocycles. The smallest absolute Gasteiger partial charge is 0.223 e. The summed E-state index contributed by atoms with van der Waals surface area (Å²) in [6.45, 7) is 5.92. The van der Waals surface area contributed by atoms with Crippen LogP contribution in [-0.2, 0) is 10.4 Å². The Labute approximate surface area is 120 Å². The van der Waals surface area contributed by atoms with Crippen LogP contribution in [0.1, 0.15) is 39.2 Å². The van der Waals surface area contributed by atoms with E-state index in [9.17, 15) is 15.0 Å². The predicted molar refractivity (Wildman–Crippen MR) is 79.1 cm³/mol. The summed E-state index contributed by atoms with van der Waals surface area (Å²) in [5, 5.41) is 22.7. The number of rotatable bonds is 7. The van der Waals surface area contributed by atoms with Gasteiger partial charge in [0, 0.05) is 6.54 Å². The standard InChI is InChI=1S/C16H25NO3/c1-12(2)14(18)9-10-17-15(19)11-16(3,20)13-7-5-4-6-8-13/h4-8,12,14,18,20H,9-11H2,1-3H3,(H,17,19). The second-order valence-corrected chi connectivity index (χ2v) is 5.77. The Hall–Kier alpha value is -1.39. The molecule has 0 saturated heterocycles. The number of amides is 1. The molecule has 0 aliphatic rings. The van der Waals surface area contributed by atoms with Gasteiger partial charge in [-0.1, -0.05) is 44.2 Å². The molecule has 1 amide bonds. The minimum absolute atomic E-state index is 0.00872. The van der Waals surface area contributed by atoms with Gasteiger partial charge in [-0.2, -0.15) is 0 Å². The molecule has 0 bridgehead atoms. The van der Waals surface area contributed by atoms with E-state index in [1.807, 2.05) is 32.0 Å². The van der Waals surface area contributed by atoms with Crippen LogP contribution in [0.3, 0.4) is 0 Å². The zero-order chi connectivity index (χ0) is 15.2. The molecule has 0 saturated carbocycles. The Kier molecular flexibility index (Phi) is 6.17. The number of benzene rings is 1. The third-order valence-corrected chi connectivity index (χ3v) is 3.43. The van der Waals surface area contributed by atoms with E-state index >= 15 is 0 Å². The van der Waals surface area contributed by atoms with E-state index in [2.05, 4.69) is 5.32 Å². The van der Waals surface area contributed by atoms with Crippen molar-refractivity contribution in [3.63, 3.8) is 0 Å². The summed E-state index contributed by atoms with van der Waals surface area (Å²) < 4.78 is 0. The highest BCUT2D eigenvalue weighted by molar-refractivity contribution is 5.77. The minimum Gasteiger partial charge on any atom is -0.393 e. The number of hydrogen-bond acceptors (Lipinski definition) is 3. The van der Waals surface area contributed by atoms with Crippen LogP contribution in [0.2, 0.25) is 0 Å². The van der Waals surface area contributed by atoms with E-state index in [0.29, 0.717) is 13.0 Å². The number of aliphatic hydroxyl groups is 2. The van der Waals surface area contributed by atoms with Crippen molar-refractivity contribution in [2.75, 3.05) is 6.54 Å². The highest BCUT2D eigenvalue weighted by Gasteiger charge is 2.26. The fraction of sp³-hybridized carbons (Fsp3) is 0.562. The molecule has 0 fully saturated rings. The van der Waals surface area contributed by atoms with Gasteiger partial charge in [-0.15, -0.1) is 0 Å². The highest BCUT2D eigenvalue weighted by Crippen LogP contribution is 2.23. The van der Waals surface area contributed by atoms with E-state index in [0.717, 1.165) is 5.56 Å². The van der Waals surface area contributed by atoms with E-state index in [-0.39, 0.29) is 18.2 Å². The second kappa shape index (κ2) is 7.41. The fourth-order valence-electron chi connectivity index (χ4n) is 1.97. The van der Waals surface area contributed by atoms with Crippen LogP contribution in [0.15, 0.2) is 30.3 Å². The number of aliphatic hydroxyl groups excluding tert-OH is 1. The summed E-state index contributed by atoms with van der Waals surface area (Å²) in [7, 11) is 0. The van der Waals surface area contributed by atoms with Gasteiger partial charge in [-0.05, 0) is 24.8 Å². The molecule has 20 heavy (non-hydrogen) atoms. The first-order valence-electron chi connectivity index (χ1n) is 7.05. The molecule has 1 aromatic rings. The molecule has 0 radical (unpaired) electrons. The Morgan fingerprint density at radius 3 is 2.45 bits per heavy atom. The zero-order valence-corrected chi connectivity index (χ0v) is 12.5. The number of carbonyl (C=O) groups excluding carboxylic acids is 1. The van der Waals surface area contributed by atoms with Gasteiger partial charge in [-0.3, -0.25) is 4.79 Å². The normalized spacial score (nSPS) is 15.7. The minimum atomic E-state index is -1.18. The van der Waals surface area contributed by atoms with Gasteiger partial charge in [0.1, 0.15) is 0 Å². The number of nitrogens with one attached hydrogen (secondary N) is 1. The summed E-state index contributed by atoms with van der Waals surface area (Å²) in [4.78, 5) is 11.8. The highest BCUT2D eigenvalue weighted by atomic mass is 16.3. The zero-order valence-electron chi connectivity index (χ0n) is 12.5. The van der Waals surface area contributed by atoms with Gasteiger partial charge in [0.2, 0.25) is 5.91 Å². The third-order valence-electron chi connectivity index (χ3n) is 3.43. The molecule has 4 nitrogen and oxygen atoms in total. The summed E-state index contributed by atoms with van der Waals surface area (Å²) >= 11 is 0. The third kappa shape index (κ3) is 5.31. The lowest BCUT2D eigenvalue weighted by molar-refractivity contribution is -0.125. The molecular formula is C16H25NO3. The summed E-state index contributed by atoms with van der Waals surface area (Å²) in [6, 6.07) is 9.14. The van der Waals surface area contributed by atoms with Crippen LogP contribution in [0, 0.1) is 5.92 Å². The summed E-state index contributed by atoms with van der Waals surface area (Å²) in [5.41, 5.74) is -0.459. The molecule has 3 N–H and O–H groups in total. The van der Waals surface area contributed by atoms with Gasteiger partial charge >= 0.3 is 0 Å². The monoisotopic (exact) mass is 279 g/mol. The molecule has 2 atom stereocenters. The Morgan fingerprint density at radius 1 is 1.30 bits per heavy atom. The van der Waals surface area contributed by atoms with Crippen molar-refractivity contribution in [1.29, 1.82) is 0 Å². The molecule has 1 rings (SSSR count). The molecule has 0 aliphatic carbocycles. The first-order chi connectivity index (χ1) is 9.33. The maximum atomic E-state index is 11.8. The summed E-state index contributed by atoms with van der Waals surface area (Å²) in [6.07, 6.45) is 0.121. The van der Waals surface area contributed by atoms with E-state index in [1.54, 1.807) is 19.1 Å². The number of hydrogen-bond donors (Lipinski definition) is 3. The molecule has 112 valence electrons. The Balaban J connectivity index is 2.42. The van der Waals surface area contributed by atoms with Crippen LogP contribution < -0.4 is 5.32 Å². The first kappa shape index (κ1) is 16.7. The van der Waals surface area contributed by atoms with Gasteiger partial charge in [-0.25, -0.2) is 0 Å². The van der Waals surface area contributed by atoms with Crippen molar-refractivity contribution >= 4 is 5.91 Å². The van der Waals surface area contributed by atoms with Crippen LogP contribution in [0.4, 0.5) is 0 Å². The van der Waals surface area contributed by atoms with Gasteiger partial charge in [0.05, 0.1) is 18.1 Å².